The fourth-order valence-electron chi connectivity index (χ4n) is 1.53. The molecule has 18 heavy (non-hydrogen) atoms. The molecule has 0 fully saturated rings. The van der Waals surface area contributed by atoms with Crippen molar-refractivity contribution in [2.24, 2.45) is 0 Å². The zero-order chi connectivity index (χ0) is 13.1. The smallest absolute Gasteiger partial charge is 0.183 e. The van der Waals surface area contributed by atoms with Gasteiger partial charge in [-0.05, 0) is 18.2 Å². The second kappa shape index (κ2) is 5.35. The van der Waals surface area contributed by atoms with E-state index < -0.39 is 22.2 Å². The summed E-state index contributed by atoms with van der Waals surface area (Å²) in [7, 11) is 0. The second-order valence-electron chi connectivity index (χ2n) is 3.60. The van der Waals surface area contributed by atoms with Crippen molar-refractivity contribution in [2.45, 2.75) is 4.83 Å². The molecule has 5 heteroatoms. The summed E-state index contributed by atoms with van der Waals surface area (Å²) in [5.41, 5.74) is 0.0637. The molecule has 2 aromatic rings. The number of alkyl halides is 1. The Labute approximate surface area is 111 Å². The average Bonchev–Trinajstić information content (AvgIpc) is 2.38. The fourth-order valence-corrected chi connectivity index (χ4v) is 2.15. The number of hydrogen-bond donors (Lipinski definition) is 0. The molecular weight excluding hydrogens is 304 g/mol. The first kappa shape index (κ1) is 12.8. The molecule has 0 bridgehead atoms. The first-order valence-corrected chi connectivity index (χ1v) is 6.05. The molecule has 1 aromatic carbocycles. The van der Waals surface area contributed by atoms with Crippen molar-refractivity contribution in [2.75, 3.05) is 0 Å². The van der Waals surface area contributed by atoms with Gasteiger partial charge in [-0.2, -0.15) is 0 Å². The minimum atomic E-state index is -0.933. The molecule has 0 aliphatic heterocycles. The van der Waals surface area contributed by atoms with E-state index >= 15 is 0 Å². The zero-order valence-corrected chi connectivity index (χ0v) is 10.7. The average molecular weight is 312 g/mol. The molecule has 0 saturated heterocycles. The number of benzene rings is 1. The lowest BCUT2D eigenvalue weighted by atomic mass is 10.0. The van der Waals surface area contributed by atoms with Crippen molar-refractivity contribution < 1.29 is 13.6 Å². The lowest BCUT2D eigenvalue weighted by Crippen LogP contribution is -2.10. The highest BCUT2D eigenvalue weighted by Gasteiger charge is 2.23. The van der Waals surface area contributed by atoms with Gasteiger partial charge in [-0.1, -0.05) is 28.1 Å². The van der Waals surface area contributed by atoms with Gasteiger partial charge in [-0.25, -0.2) is 8.78 Å². The first-order chi connectivity index (χ1) is 8.61. The quantitative estimate of drug-likeness (QED) is 0.639. The van der Waals surface area contributed by atoms with Crippen LogP contribution in [0.25, 0.3) is 0 Å². The molecule has 0 aliphatic rings. The molecule has 0 saturated carbocycles. The van der Waals surface area contributed by atoms with Crippen LogP contribution in [0.15, 0.2) is 42.7 Å². The first-order valence-electron chi connectivity index (χ1n) is 5.13. The topological polar surface area (TPSA) is 30.0 Å². The van der Waals surface area contributed by atoms with Crippen LogP contribution in [0.2, 0.25) is 0 Å². The Kier molecular flexibility index (Phi) is 3.81. The number of pyridine rings is 1. The normalized spacial score (nSPS) is 12.2. The number of hydrogen-bond acceptors (Lipinski definition) is 2. The Balaban J connectivity index is 2.36. The summed E-state index contributed by atoms with van der Waals surface area (Å²) in [5, 5.41) is 0. The predicted octanol–water partition coefficient (Wildman–Crippen LogP) is 3.68. The van der Waals surface area contributed by atoms with Crippen LogP contribution in [-0.4, -0.2) is 10.8 Å². The van der Waals surface area contributed by atoms with Crippen LogP contribution < -0.4 is 0 Å². The van der Waals surface area contributed by atoms with Gasteiger partial charge in [0.2, 0.25) is 0 Å². The van der Waals surface area contributed by atoms with Crippen molar-refractivity contribution >= 4 is 21.7 Å². The molecule has 0 amide bonds. The molecule has 2 rings (SSSR count). The Morgan fingerprint density at radius 1 is 1.17 bits per heavy atom. The molecule has 1 heterocycles. The highest BCUT2D eigenvalue weighted by molar-refractivity contribution is 9.09. The number of ketones is 1. The number of aromatic nitrogens is 1. The molecule has 1 aromatic heterocycles. The number of Topliss-reactive ketones (excluding diaryl/α,β-unsaturated/α-hetero) is 1. The number of nitrogens with zero attached hydrogens (tertiary/aromatic N) is 1. The van der Waals surface area contributed by atoms with E-state index in [0.717, 1.165) is 6.20 Å². The lowest BCUT2D eigenvalue weighted by Gasteiger charge is -2.10. The summed E-state index contributed by atoms with van der Waals surface area (Å²) in [4.78, 5) is 14.7. The van der Waals surface area contributed by atoms with Crippen LogP contribution in [0.4, 0.5) is 8.78 Å². The van der Waals surface area contributed by atoms with Crippen LogP contribution in [0.1, 0.15) is 20.7 Å². The van der Waals surface area contributed by atoms with Gasteiger partial charge in [0.25, 0.3) is 0 Å². The third-order valence-corrected chi connectivity index (χ3v) is 3.36. The molecule has 0 N–H and O–H groups in total. The van der Waals surface area contributed by atoms with Crippen LogP contribution in [0.3, 0.4) is 0 Å². The molecule has 2 nitrogen and oxygen atoms in total. The van der Waals surface area contributed by atoms with E-state index in [0.29, 0.717) is 0 Å². The van der Waals surface area contributed by atoms with E-state index in [9.17, 15) is 13.6 Å². The van der Waals surface area contributed by atoms with Crippen molar-refractivity contribution in [3.05, 3.63) is 65.5 Å². The van der Waals surface area contributed by atoms with Crippen LogP contribution in [0, 0.1) is 11.6 Å². The van der Waals surface area contributed by atoms with Gasteiger partial charge < -0.3 is 0 Å². The predicted molar refractivity (Wildman–Crippen MR) is 66.6 cm³/mol. The summed E-state index contributed by atoms with van der Waals surface area (Å²) in [6, 6.07) is 6.98. The second-order valence-corrected chi connectivity index (χ2v) is 4.52. The summed E-state index contributed by atoms with van der Waals surface area (Å²) < 4.78 is 26.9. The van der Waals surface area contributed by atoms with E-state index in [1.54, 1.807) is 6.07 Å². The fraction of sp³-hybridized carbons (Fsp3) is 0.0769. The van der Waals surface area contributed by atoms with E-state index in [1.165, 1.54) is 30.5 Å². The standard InChI is InChI=1S/C13H8BrF2NO/c14-12(8-5-6-17-7-11(8)16)13(18)9-3-1-2-4-10(9)15/h1-7,12H. The van der Waals surface area contributed by atoms with Crippen LogP contribution >= 0.6 is 15.9 Å². The van der Waals surface area contributed by atoms with Gasteiger partial charge in [0, 0.05) is 11.8 Å². The maximum Gasteiger partial charge on any atom is 0.183 e. The molecule has 0 aliphatic carbocycles. The molecule has 1 atom stereocenters. The summed E-state index contributed by atoms with van der Waals surface area (Å²) >= 11 is 3.09. The van der Waals surface area contributed by atoms with Gasteiger partial charge in [-0.15, -0.1) is 0 Å². The SMILES string of the molecule is O=C(c1ccccc1F)C(Br)c1ccncc1F. The monoisotopic (exact) mass is 311 g/mol. The lowest BCUT2D eigenvalue weighted by molar-refractivity contribution is 0.0986. The highest BCUT2D eigenvalue weighted by atomic mass is 79.9. The zero-order valence-electron chi connectivity index (χ0n) is 9.11. The third-order valence-electron chi connectivity index (χ3n) is 2.45. The van der Waals surface area contributed by atoms with Crippen molar-refractivity contribution in [1.82, 2.24) is 4.98 Å². The van der Waals surface area contributed by atoms with Gasteiger partial charge >= 0.3 is 0 Å². The Morgan fingerprint density at radius 3 is 2.56 bits per heavy atom. The largest absolute Gasteiger partial charge is 0.292 e. The van der Waals surface area contributed by atoms with E-state index in [-0.39, 0.29) is 11.1 Å². The minimum Gasteiger partial charge on any atom is -0.292 e. The van der Waals surface area contributed by atoms with Gasteiger partial charge in [0.05, 0.1) is 11.8 Å². The summed E-state index contributed by atoms with van der Waals surface area (Å²) in [6.07, 6.45) is 2.39. The Morgan fingerprint density at radius 2 is 1.89 bits per heavy atom. The molecule has 92 valence electrons. The Bertz CT molecular complexity index is 589. The third kappa shape index (κ3) is 2.46. The van der Waals surface area contributed by atoms with Crippen molar-refractivity contribution in [3.63, 3.8) is 0 Å². The molecule has 0 spiro atoms. The van der Waals surface area contributed by atoms with E-state index in [1.807, 2.05) is 0 Å². The Hall–Kier alpha value is -1.62. The van der Waals surface area contributed by atoms with Gasteiger partial charge in [0.15, 0.2) is 5.78 Å². The number of rotatable bonds is 3. The molecule has 0 radical (unpaired) electrons. The van der Waals surface area contributed by atoms with Crippen molar-refractivity contribution in [1.29, 1.82) is 0 Å². The van der Waals surface area contributed by atoms with Crippen LogP contribution in [0.5, 0.6) is 0 Å². The van der Waals surface area contributed by atoms with Crippen LogP contribution in [-0.2, 0) is 0 Å². The minimum absolute atomic E-state index is 0.0735. The summed E-state index contributed by atoms with van der Waals surface area (Å²) in [5.74, 6) is -1.76. The molecule has 1 unspecified atom stereocenters. The highest BCUT2D eigenvalue weighted by Crippen LogP contribution is 2.29. The van der Waals surface area contributed by atoms with Gasteiger partial charge in [-0.3, -0.25) is 9.78 Å². The molecular formula is C13H8BrF2NO. The van der Waals surface area contributed by atoms with Gasteiger partial charge in [0.1, 0.15) is 16.5 Å². The van der Waals surface area contributed by atoms with E-state index in [4.69, 9.17) is 0 Å². The van der Waals surface area contributed by atoms with Crippen molar-refractivity contribution in [3.8, 4) is 0 Å². The maximum atomic E-state index is 13.5. The van der Waals surface area contributed by atoms with E-state index in [2.05, 4.69) is 20.9 Å². The number of halogens is 3. The summed E-state index contributed by atoms with van der Waals surface area (Å²) in [6.45, 7) is 0. The maximum absolute atomic E-state index is 13.5. The number of carbonyl (C=O) groups excluding carboxylic acids is 1. The number of carbonyl (C=O) groups is 1.